The van der Waals surface area contributed by atoms with Crippen LogP contribution in [0, 0.1) is 6.92 Å². The molecule has 2 aromatic rings. The van der Waals surface area contributed by atoms with Crippen molar-refractivity contribution in [3.63, 3.8) is 0 Å². The molecule has 2 aromatic carbocycles. The van der Waals surface area contributed by atoms with Crippen molar-refractivity contribution < 1.29 is 23.8 Å². The molecule has 0 saturated heterocycles. The molecule has 0 aliphatic rings. The Hall–Kier alpha value is -3.28. The number of aryl methyl sites for hydroxylation is 1. The zero-order chi connectivity index (χ0) is 23.2. The quantitative estimate of drug-likeness (QED) is 0.443. The summed E-state index contributed by atoms with van der Waals surface area (Å²) in [4.78, 5) is 25.6. The lowest BCUT2D eigenvalue weighted by Gasteiger charge is -2.23. The summed E-state index contributed by atoms with van der Waals surface area (Å²) in [6, 6.07) is 10.4. The molecule has 0 saturated carbocycles. The molecule has 31 heavy (non-hydrogen) atoms. The molecule has 0 unspecified atom stereocenters. The normalized spacial score (nSPS) is 11.1. The molecule has 1 amide bonds. The summed E-state index contributed by atoms with van der Waals surface area (Å²) in [5, 5.41) is 2.86. The largest absolute Gasteiger partial charge is 0.485 e. The van der Waals surface area contributed by atoms with Gasteiger partial charge in [-0.2, -0.15) is 0 Å². The predicted octanol–water partition coefficient (Wildman–Crippen LogP) is 5.55. The number of hydrogen-bond donors (Lipinski definition) is 1. The maximum Gasteiger partial charge on any atom is 0.342 e. The third-order valence-electron chi connectivity index (χ3n) is 3.99. The molecule has 0 aliphatic carbocycles. The highest BCUT2D eigenvalue weighted by atomic mass is 16.6. The van der Waals surface area contributed by atoms with Crippen LogP contribution in [0.5, 0.6) is 11.5 Å². The SMILES string of the molecule is C=CCOc1c(C(=O)OC(C)(C)C)ccc(NC(=O)c2ccc(C)cc2)c1OC(C)C. The first-order valence-electron chi connectivity index (χ1n) is 10.2. The number of amides is 1. The van der Waals surface area contributed by atoms with E-state index in [1.807, 2.05) is 32.9 Å². The maximum absolute atomic E-state index is 12.8. The Labute approximate surface area is 184 Å². The lowest BCUT2D eigenvalue weighted by molar-refractivity contribution is 0.00651. The summed E-state index contributed by atoms with van der Waals surface area (Å²) in [5.41, 5.74) is 1.49. The Morgan fingerprint density at radius 2 is 1.71 bits per heavy atom. The second-order valence-electron chi connectivity index (χ2n) is 8.41. The fraction of sp³-hybridized carbons (Fsp3) is 0.360. The van der Waals surface area contributed by atoms with Gasteiger partial charge in [0.25, 0.3) is 5.91 Å². The standard InChI is InChI=1S/C25H31NO5/c1-8-15-29-21-19(24(28)31-25(5,6)7)13-14-20(22(21)30-16(2)3)26-23(27)18-11-9-17(4)10-12-18/h8-14,16H,1,15H2,2-7H3,(H,26,27). The zero-order valence-electron chi connectivity index (χ0n) is 19.1. The number of rotatable bonds is 8. The molecule has 0 aromatic heterocycles. The number of hydrogen-bond acceptors (Lipinski definition) is 5. The van der Waals surface area contributed by atoms with Crippen LogP contribution in [0.3, 0.4) is 0 Å². The second-order valence-corrected chi connectivity index (χ2v) is 8.41. The molecule has 6 heteroatoms. The molecule has 2 rings (SSSR count). The van der Waals surface area contributed by atoms with Gasteiger partial charge in [0.05, 0.1) is 11.8 Å². The van der Waals surface area contributed by atoms with Crippen molar-refractivity contribution in [2.24, 2.45) is 0 Å². The van der Waals surface area contributed by atoms with Gasteiger partial charge in [0, 0.05) is 5.56 Å². The van der Waals surface area contributed by atoms with Crippen LogP contribution in [0.1, 0.15) is 60.9 Å². The fourth-order valence-electron chi connectivity index (χ4n) is 2.69. The van der Waals surface area contributed by atoms with E-state index in [-0.39, 0.29) is 35.7 Å². The van der Waals surface area contributed by atoms with E-state index in [0.29, 0.717) is 11.3 Å². The van der Waals surface area contributed by atoms with Gasteiger partial charge in [-0.05, 0) is 65.8 Å². The van der Waals surface area contributed by atoms with E-state index < -0.39 is 11.6 Å². The smallest absolute Gasteiger partial charge is 0.342 e. The molecule has 0 aliphatic heterocycles. The summed E-state index contributed by atoms with van der Waals surface area (Å²) in [6.07, 6.45) is 1.34. The van der Waals surface area contributed by atoms with Gasteiger partial charge in [-0.15, -0.1) is 0 Å². The molecular weight excluding hydrogens is 394 g/mol. The van der Waals surface area contributed by atoms with Gasteiger partial charge in [0.1, 0.15) is 17.8 Å². The van der Waals surface area contributed by atoms with Crippen molar-refractivity contribution in [1.82, 2.24) is 0 Å². The monoisotopic (exact) mass is 425 g/mol. The second kappa shape index (κ2) is 10.2. The number of carbonyl (C=O) groups excluding carboxylic acids is 2. The van der Waals surface area contributed by atoms with E-state index in [0.717, 1.165) is 5.56 Å². The zero-order valence-corrected chi connectivity index (χ0v) is 19.1. The first-order valence-corrected chi connectivity index (χ1v) is 10.2. The van der Waals surface area contributed by atoms with Crippen LogP contribution >= 0.6 is 0 Å². The van der Waals surface area contributed by atoms with E-state index in [1.165, 1.54) is 0 Å². The minimum absolute atomic E-state index is 0.152. The Kier molecular flexibility index (Phi) is 7.86. The minimum atomic E-state index is -0.676. The van der Waals surface area contributed by atoms with E-state index >= 15 is 0 Å². The van der Waals surface area contributed by atoms with Crippen LogP contribution in [0.2, 0.25) is 0 Å². The van der Waals surface area contributed by atoms with Crippen molar-refractivity contribution in [2.45, 2.75) is 53.2 Å². The number of ether oxygens (including phenoxy) is 3. The van der Waals surface area contributed by atoms with Gasteiger partial charge >= 0.3 is 5.97 Å². The number of esters is 1. The van der Waals surface area contributed by atoms with Crippen LogP contribution in [0.15, 0.2) is 49.1 Å². The lowest BCUT2D eigenvalue weighted by atomic mass is 10.1. The van der Waals surface area contributed by atoms with E-state index in [4.69, 9.17) is 14.2 Å². The van der Waals surface area contributed by atoms with Crippen molar-refractivity contribution >= 4 is 17.6 Å². The van der Waals surface area contributed by atoms with Gasteiger partial charge in [-0.1, -0.05) is 30.4 Å². The van der Waals surface area contributed by atoms with Crippen LogP contribution in [0.4, 0.5) is 5.69 Å². The molecule has 0 atom stereocenters. The summed E-state index contributed by atoms with van der Waals surface area (Å²) in [5.74, 6) is -0.380. The number of carbonyl (C=O) groups is 2. The molecule has 0 radical (unpaired) electrons. The highest BCUT2D eigenvalue weighted by molar-refractivity contribution is 6.06. The van der Waals surface area contributed by atoms with Crippen LogP contribution in [-0.4, -0.2) is 30.2 Å². The fourth-order valence-corrected chi connectivity index (χ4v) is 2.69. The third kappa shape index (κ3) is 6.88. The first-order chi connectivity index (χ1) is 14.5. The lowest BCUT2D eigenvalue weighted by Crippen LogP contribution is -2.24. The Morgan fingerprint density at radius 3 is 2.26 bits per heavy atom. The van der Waals surface area contributed by atoms with Crippen molar-refractivity contribution in [3.8, 4) is 11.5 Å². The van der Waals surface area contributed by atoms with Crippen LogP contribution in [-0.2, 0) is 4.74 Å². The van der Waals surface area contributed by atoms with E-state index in [2.05, 4.69) is 11.9 Å². The van der Waals surface area contributed by atoms with Crippen molar-refractivity contribution in [2.75, 3.05) is 11.9 Å². The van der Waals surface area contributed by atoms with Gasteiger partial charge in [-0.25, -0.2) is 4.79 Å². The van der Waals surface area contributed by atoms with E-state index in [1.54, 1.807) is 51.1 Å². The number of nitrogens with one attached hydrogen (secondary N) is 1. The van der Waals surface area contributed by atoms with Crippen molar-refractivity contribution in [1.29, 1.82) is 0 Å². The molecule has 0 spiro atoms. The average Bonchev–Trinajstić information content (AvgIpc) is 2.66. The topological polar surface area (TPSA) is 73.9 Å². The summed E-state index contributed by atoms with van der Waals surface area (Å²) >= 11 is 0. The predicted molar refractivity (Wildman–Crippen MR) is 122 cm³/mol. The first kappa shape index (κ1) is 24.0. The summed E-state index contributed by atoms with van der Waals surface area (Å²) in [7, 11) is 0. The molecule has 166 valence electrons. The minimum Gasteiger partial charge on any atom is -0.485 e. The maximum atomic E-state index is 12.8. The molecule has 0 heterocycles. The molecular formula is C25H31NO5. The number of benzene rings is 2. The van der Waals surface area contributed by atoms with Gasteiger partial charge in [-0.3, -0.25) is 4.79 Å². The Bertz CT molecular complexity index is 940. The van der Waals surface area contributed by atoms with Gasteiger partial charge < -0.3 is 19.5 Å². The van der Waals surface area contributed by atoms with Crippen molar-refractivity contribution in [3.05, 3.63) is 65.7 Å². The average molecular weight is 426 g/mol. The van der Waals surface area contributed by atoms with Gasteiger partial charge in [0.15, 0.2) is 11.5 Å². The summed E-state index contributed by atoms with van der Waals surface area (Å²) in [6.45, 7) is 14.8. The Balaban J connectivity index is 2.51. The van der Waals surface area contributed by atoms with Gasteiger partial charge in [0.2, 0.25) is 0 Å². The molecule has 1 N–H and O–H groups in total. The third-order valence-corrected chi connectivity index (χ3v) is 3.99. The van der Waals surface area contributed by atoms with Crippen LogP contribution < -0.4 is 14.8 Å². The highest BCUT2D eigenvalue weighted by Gasteiger charge is 2.26. The van der Waals surface area contributed by atoms with E-state index in [9.17, 15) is 9.59 Å². The molecule has 0 bridgehead atoms. The molecule has 6 nitrogen and oxygen atoms in total. The summed E-state index contributed by atoms with van der Waals surface area (Å²) < 4.78 is 17.3. The Morgan fingerprint density at radius 1 is 1.06 bits per heavy atom. The molecule has 0 fully saturated rings. The highest BCUT2D eigenvalue weighted by Crippen LogP contribution is 2.40. The number of anilines is 1. The van der Waals surface area contributed by atoms with Crippen LogP contribution in [0.25, 0.3) is 0 Å².